The number of para-hydroxylation sites is 1. The molecule has 7 heteroatoms. The number of furan rings is 1. The zero-order valence-electron chi connectivity index (χ0n) is 15.6. The van der Waals surface area contributed by atoms with E-state index in [0.717, 1.165) is 5.39 Å². The number of ether oxygens (including phenoxy) is 1. The maximum atomic E-state index is 12.6. The predicted octanol–water partition coefficient (Wildman–Crippen LogP) is 3.90. The molecule has 0 aliphatic heterocycles. The molecule has 7 nitrogen and oxygen atoms in total. The number of amides is 1. The van der Waals surface area contributed by atoms with Crippen molar-refractivity contribution in [2.24, 2.45) is 0 Å². The Morgan fingerprint density at radius 2 is 2.21 bits per heavy atom. The lowest BCUT2D eigenvalue weighted by Crippen LogP contribution is -2.26. The third kappa shape index (κ3) is 3.46. The van der Waals surface area contributed by atoms with Gasteiger partial charge in [-0.05, 0) is 38.1 Å². The maximum Gasteiger partial charge on any atom is 0.253 e. The first-order chi connectivity index (χ1) is 13.7. The fraction of sp³-hybridized carbons (Fsp3) is 0.190. The molecule has 0 saturated heterocycles. The molecule has 142 valence electrons. The summed E-state index contributed by atoms with van der Waals surface area (Å²) in [4.78, 5) is 20.9. The summed E-state index contributed by atoms with van der Waals surface area (Å²) in [5.41, 5.74) is 1.16. The standard InChI is InChI=1S/C21H20N4O3/c1-3-27-17-6-4-5-15-11-18(28-20(15)17)14(2)24-21(26)16-7-8-19(23-12-16)25-10-9-22-13-25/h4-14H,3H2,1-2H3,(H,24,26). The van der Waals surface area contributed by atoms with E-state index in [0.29, 0.717) is 35.1 Å². The summed E-state index contributed by atoms with van der Waals surface area (Å²) in [6.45, 7) is 4.37. The molecule has 1 N–H and O–H groups in total. The Hall–Kier alpha value is -3.61. The Bertz CT molecular complexity index is 1080. The molecule has 3 aromatic heterocycles. The fourth-order valence-electron chi connectivity index (χ4n) is 2.96. The highest BCUT2D eigenvalue weighted by atomic mass is 16.5. The summed E-state index contributed by atoms with van der Waals surface area (Å²) >= 11 is 0. The van der Waals surface area contributed by atoms with Crippen LogP contribution in [0.2, 0.25) is 0 Å². The average Bonchev–Trinajstić information content (AvgIpc) is 3.39. The van der Waals surface area contributed by atoms with Crippen LogP contribution in [-0.4, -0.2) is 27.0 Å². The highest BCUT2D eigenvalue weighted by molar-refractivity contribution is 5.94. The van der Waals surface area contributed by atoms with Crippen LogP contribution in [0, 0.1) is 0 Å². The summed E-state index contributed by atoms with van der Waals surface area (Å²) in [6.07, 6.45) is 6.67. The molecule has 3 heterocycles. The summed E-state index contributed by atoms with van der Waals surface area (Å²) < 4.78 is 13.3. The van der Waals surface area contributed by atoms with E-state index in [1.54, 1.807) is 41.6 Å². The zero-order chi connectivity index (χ0) is 19.5. The molecular formula is C21H20N4O3. The highest BCUT2D eigenvalue weighted by Crippen LogP contribution is 2.31. The van der Waals surface area contributed by atoms with E-state index in [4.69, 9.17) is 9.15 Å². The number of nitrogens with zero attached hydrogens (tertiary/aromatic N) is 3. The third-order valence-electron chi connectivity index (χ3n) is 4.38. The van der Waals surface area contributed by atoms with Gasteiger partial charge in [-0.15, -0.1) is 0 Å². The first kappa shape index (κ1) is 17.8. The van der Waals surface area contributed by atoms with Crippen molar-refractivity contribution in [2.45, 2.75) is 19.9 Å². The molecule has 0 saturated carbocycles. The lowest BCUT2D eigenvalue weighted by Gasteiger charge is -2.11. The second-order valence-electron chi connectivity index (χ2n) is 6.33. The predicted molar refractivity (Wildman–Crippen MR) is 105 cm³/mol. The normalized spacial score (nSPS) is 12.1. The number of imidazole rings is 1. The fourth-order valence-corrected chi connectivity index (χ4v) is 2.96. The van der Waals surface area contributed by atoms with E-state index in [9.17, 15) is 4.79 Å². The van der Waals surface area contributed by atoms with Crippen LogP contribution in [0.1, 0.15) is 36.0 Å². The summed E-state index contributed by atoms with van der Waals surface area (Å²) in [7, 11) is 0. The lowest BCUT2D eigenvalue weighted by atomic mass is 10.2. The molecule has 0 spiro atoms. The quantitative estimate of drug-likeness (QED) is 0.552. The minimum atomic E-state index is -0.303. The number of nitrogens with one attached hydrogen (secondary N) is 1. The van der Waals surface area contributed by atoms with E-state index >= 15 is 0 Å². The molecule has 1 atom stereocenters. The number of hydrogen-bond acceptors (Lipinski definition) is 5. The van der Waals surface area contributed by atoms with Crippen LogP contribution >= 0.6 is 0 Å². The first-order valence-electron chi connectivity index (χ1n) is 9.06. The van der Waals surface area contributed by atoms with E-state index in [1.165, 1.54) is 0 Å². The number of carbonyl (C=O) groups excluding carboxylic acids is 1. The van der Waals surface area contributed by atoms with Gasteiger partial charge >= 0.3 is 0 Å². The van der Waals surface area contributed by atoms with Crippen LogP contribution in [0.25, 0.3) is 16.8 Å². The first-order valence-corrected chi connectivity index (χ1v) is 9.06. The van der Waals surface area contributed by atoms with Crippen molar-refractivity contribution in [1.82, 2.24) is 19.9 Å². The van der Waals surface area contributed by atoms with Crippen molar-refractivity contribution in [1.29, 1.82) is 0 Å². The SMILES string of the molecule is CCOc1cccc2cc(C(C)NC(=O)c3ccc(-n4ccnc4)nc3)oc12. The molecule has 4 aromatic rings. The number of benzene rings is 1. The van der Waals surface area contributed by atoms with Crippen LogP contribution in [0.3, 0.4) is 0 Å². The Morgan fingerprint density at radius 3 is 2.93 bits per heavy atom. The minimum Gasteiger partial charge on any atom is -0.490 e. The van der Waals surface area contributed by atoms with Gasteiger partial charge in [-0.1, -0.05) is 12.1 Å². The van der Waals surface area contributed by atoms with Crippen molar-refractivity contribution in [2.75, 3.05) is 6.61 Å². The maximum absolute atomic E-state index is 12.6. The molecule has 1 aromatic carbocycles. The van der Waals surface area contributed by atoms with Gasteiger partial charge in [0.25, 0.3) is 5.91 Å². The van der Waals surface area contributed by atoms with Gasteiger partial charge in [-0.25, -0.2) is 9.97 Å². The Labute approximate surface area is 162 Å². The van der Waals surface area contributed by atoms with Gasteiger partial charge in [0.05, 0.1) is 18.2 Å². The number of rotatable bonds is 6. The smallest absolute Gasteiger partial charge is 0.253 e. The Morgan fingerprint density at radius 1 is 1.32 bits per heavy atom. The number of fused-ring (bicyclic) bond motifs is 1. The third-order valence-corrected chi connectivity index (χ3v) is 4.38. The molecule has 4 rings (SSSR count). The molecule has 0 aliphatic carbocycles. The molecule has 0 aliphatic rings. The number of aromatic nitrogens is 3. The van der Waals surface area contributed by atoms with Gasteiger partial charge in [0.15, 0.2) is 11.3 Å². The van der Waals surface area contributed by atoms with Crippen molar-refractivity contribution in [3.63, 3.8) is 0 Å². The number of pyridine rings is 1. The average molecular weight is 376 g/mol. The van der Waals surface area contributed by atoms with Gasteiger partial charge in [-0.2, -0.15) is 0 Å². The number of carbonyl (C=O) groups is 1. The van der Waals surface area contributed by atoms with Crippen LogP contribution in [0.5, 0.6) is 5.75 Å². The minimum absolute atomic E-state index is 0.220. The summed E-state index contributed by atoms with van der Waals surface area (Å²) in [5, 5.41) is 3.88. The van der Waals surface area contributed by atoms with Crippen molar-refractivity contribution in [3.05, 3.63) is 72.6 Å². The van der Waals surface area contributed by atoms with Crippen LogP contribution in [0.4, 0.5) is 0 Å². The molecule has 1 unspecified atom stereocenters. The Kier molecular flexibility index (Phi) is 4.80. The van der Waals surface area contributed by atoms with Crippen molar-refractivity contribution < 1.29 is 13.9 Å². The van der Waals surface area contributed by atoms with Crippen LogP contribution in [0.15, 0.2) is 65.7 Å². The van der Waals surface area contributed by atoms with Gasteiger partial charge in [0.2, 0.25) is 0 Å². The van der Waals surface area contributed by atoms with Crippen LogP contribution < -0.4 is 10.1 Å². The van der Waals surface area contributed by atoms with E-state index in [1.807, 2.05) is 38.1 Å². The van der Waals surface area contributed by atoms with E-state index in [2.05, 4.69) is 15.3 Å². The molecular weight excluding hydrogens is 356 g/mol. The molecule has 1 amide bonds. The second-order valence-corrected chi connectivity index (χ2v) is 6.33. The summed E-state index contributed by atoms with van der Waals surface area (Å²) in [6, 6.07) is 10.9. The zero-order valence-corrected chi connectivity index (χ0v) is 15.6. The van der Waals surface area contributed by atoms with Crippen molar-refractivity contribution >= 4 is 16.9 Å². The van der Waals surface area contributed by atoms with E-state index < -0.39 is 0 Å². The number of hydrogen-bond donors (Lipinski definition) is 1. The Balaban J connectivity index is 1.50. The molecule has 0 radical (unpaired) electrons. The molecule has 0 fully saturated rings. The van der Waals surface area contributed by atoms with Crippen molar-refractivity contribution in [3.8, 4) is 11.6 Å². The monoisotopic (exact) mass is 376 g/mol. The molecule has 28 heavy (non-hydrogen) atoms. The largest absolute Gasteiger partial charge is 0.490 e. The topological polar surface area (TPSA) is 82.2 Å². The second kappa shape index (κ2) is 7.56. The van der Waals surface area contributed by atoms with Gasteiger partial charge in [-0.3, -0.25) is 9.36 Å². The summed E-state index contributed by atoms with van der Waals surface area (Å²) in [5.74, 6) is 1.84. The van der Waals surface area contributed by atoms with Gasteiger partial charge < -0.3 is 14.5 Å². The van der Waals surface area contributed by atoms with E-state index in [-0.39, 0.29) is 11.9 Å². The highest BCUT2D eigenvalue weighted by Gasteiger charge is 2.17. The van der Waals surface area contributed by atoms with Gasteiger partial charge in [0.1, 0.15) is 17.9 Å². The molecule has 0 bridgehead atoms. The van der Waals surface area contributed by atoms with Crippen LogP contribution in [-0.2, 0) is 0 Å². The van der Waals surface area contributed by atoms with Gasteiger partial charge in [0, 0.05) is 24.0 Å². The lowest BCUT2D eigenvalue weighted by molar-refractivity contribution is 0.0935.